The molecule has 3 heteroatoms. The first kappa shape index (κ1) is 10.6. The predicted molar refractivity (Wildman–Crippen MR) is 55.7 cm³/mol. The van der Waals surface area contributed by atoms with Crippen LogP contribution < -0.4 is 10.1 Å². The number of aryl methyl sites for hydroxylation is 1. The van der Waals surface area contributed by atoms with Crippen LogP contribution in [-0.2, 0) is 0 Å². The average Bonchev–Trinajstić information content (AvgIpc) is 2.17. The van der Waals surface area contributed by atoms with E-state index in [2.05, 4.69) is 5.32 Å². The Bertz CT molecular complexity index is 334. The first-order chi connectivity index (χ1) is 6.70. The summed E-state index contributed by atoms with van der Waals surface area (Å²) < 4.78 is 5.18. The van der Waals surface area contributed by atoms with E-state index in [1.54, 1.807) is 13.2 Å². The molecule has 1 N–H and O–H groups in total. The molecule has 0 aliphatic carbocycles. The molecule has 1 aromatic rings. The van der Waals surface area contributed by atoms with Gasteiger partial charge in [0.05, 0.1) is 12.7 Å². The van der Waals surface area contributed by atoms with Crippen molar-refractivity contribution in [3.63, 3.8) is 0 Å². The summed E-state index contributed by atoms with van der Waals surface area (Å²) in [5.41, 5.74) is 1.56. The zero-order valence-corrected chi connectivity index (χ0v) is 8.76. The molecular formula is C11H15NO2. The normalized spacial score (nSPS) is 9.64. The Balaban J connectivity index is 3.07. The molecule has 0 unspecified atom stereocenters. The van der Waals surface area contributed by atoms with E-state index >= 15 is 0 Å². The summed E-state index contributed by atoms with van der Waals surface area (Å²) in [7, 11) is 1.57. The molecule has 1 aromatic carbocycles. The van der Waals surface area contributed by atoms with Crippen LogP contribution in [0, 0.1) is 6.92 Å². The Kier molecular flexibility index (Phi) is 3.51. The van der Waals surface area contributed by atoms with E-state index < -0.39 is 0 Å². The fraction of sp³-hybridized carbons (Fsp3) is 0.364. The summed E-state index contributed by atoms with van der Waals surface area (Å²) in [6.45, 7) is 4.43. The molecule has 0 heterocycles. The van der Waals surface area contributed by atoms with Crippen LogP contribution in [0.15, 0.2) is 18.2 Å². The molecule has 0 atom stereocenters. The van der Waals surface area contributed by atoms with Gasteiger partial charge in [0.15, 0.2) is 0 Å². The van der Waals surface area contributed by atoms with E-state index in [4.69, 9.17) is 4.74 Å². The van der Waals surface area contributed by atoms with Gasteiger partial charge in [0, 0.05) is 6.54 Å². The monoisotopic (exact) mass is 193 g/mol. The second-order valence-electron chi connectivity index (χ2n) is 3.02. The largest absolute Gasteiger partial charge is 0.496 e. The van der Waals surface area contributed by atoms with Gasteiger partial charge in [-0.25, -0.2) is 0 Å². The number of carbonyl (C=O) groups is 1. The molecule has 0 aliphatic heterocycles. The van der Waals surface area contributed by atoms with Gasteiger partial charge in [0.25, 0.3) is 5.91 Å². The van der Waals surface area contributed by atoms with Crippen molar-refractivity contribution in [1.82, 2.24) is 5.32 Å². The van der Waals surface area contributed by atoms with Crippen LogP contribution in [0.5, 0.6) is 5.75 Å². The lowest BCUT2D eigenvalue weighted by Crippen LogP contribution is -2.23. The van der Waals surface area contributed by atoms with E-state index in [0.29, 0.717) is 17.9 Å². The number of nitrogens with one attached hydrogen (secondary N) is 1. The highest BCUT2D eigenvalue weighted by Crippen LogP contribution is 2.22. The molecular weight excluding hydrogens is 178 g/mol. The lowest BCUT2D eigenvalue weighted by atomic mass is 10.1. The van der Waals surface area contributed by atoms with Crippen molar-refractivity contribution < 1.29 is 9.53 Å². The molecule has 76 valence electrons. The zero-order chi connectivity index (χ0) is 10.6. The van der Waals surface area contributed by atoms with Crippen LogP contribution in [0.3, 0.4) is 0 Å². The standard InChI is InChI=1S/C11H15NO2/c1-4-12-11(13)9-7-5-6-8(2)10(9)14-3/h5-7H,4H2,1-3H3,(H,12,13). The highest BCUT2D eigenvalue weighted by Gasteiger charge is 2.12. The SMILES string of the molecule is CCNC(=O)c1cccc(C)c1OC. The molecule has 3 nitrogen and oxygen atoms in total. The van der Waals surface area contributed by atoms with Gasteiger partial charge in [-0.2, -0.15) is 0 Å². The van der Waals surface area contributed by atoms with Gasteiger partial charge < -0.3 is 10.1 Å². The first-order valence-corrected chi connectivity index (χ1v) is 4.62. The van der Waals surface area contributed by atoms with Gasteiger partial charge >= 0.3 is 0 Å². The minimum absolute atomic E-state index is 0.0898. The number of methoxy groups -OCH3 is 1. The van der Waals surface area contributed by atoms with Crippen molar-refractivity contribution in [3.05, 3.63) is 29.3 Å². The van der Waals surface area contributed by atoms with Gasteiger partial charge in [0.1, 0.15) is 5.75 Å². The molecule has 1 amide bonds. The lowest BCUT2D eigenvalue weighted by molar-refractivity contribution is 0.0952. The Hall–Kier alpha value is -1.51. The van der Waals surface area contributed by atoms with E-state index in [0.717, 1.165) is 5.56 Å². The van der Waals surface area contributed by atoms with Gasteiger partial charge in [-0.3, -0.25) is 4.79 Å². The number of hydrogen-bond donors (Lipinski definition) is 1. The Morgan fingerprint density at radius 1 is 1.50 bits per heavy atom. The van der Waals surface area contributed by atoms with Crippen LogP contribution >= 0.6 is 0 Å². The maximum absolute atomic E-state index is 11.6. The quantitative estimate of drug-likeness (QED) is 0.794. The van der Waals surface area contributed by atoms with Gasteiger partial charge in [0.2, 0.25) is 0 Å². The third kappa shape index (κ3) is 2.05. The third-order valence-electron chi connectivity index (χ3n) is 2.00. The number of benzene rings is 1. The number of hydrogen-bond acceptors (Lipinski definition) is 2. The molecule has 0 saturated heterocycles. The summed E-state index contributed by atoms with van der Waals surface area (Å²) in [5.74, 6) is 0.562. The molecule has 0 fully saturated rings. The molecule has 1 rings (SSSR count). The van der Waals surface area contributed by atoms with Gasteiger partial charge in [-0.05, 0) is 25.5 Å². The Labute approximate surface area is 84.1 Å². The van der Waals surface area contributed by atoms with E-state index in [-0.39, 0.29) is 5.91 Å². The molecule has 0 bridgehead atoms. The molecule has 0 aliphatic rings. The molecule has 0 saturated carbocycles. The molecule has 0 aromatic heterocycles. The number of carbonyl (C=O) groups excluding carboxylic acids is 1. The van der Waals surface area contributed by atoms with Crippen molar-refractivity contribution in [2.24, 2.45) is 0 Å². The van der Waals surface area contributed by atoms with E-state index in [1.807, 2.05) is 26.0 Å². The van der Waals surface area contributed by atoms with Crippen molar-refractivity contribution in [2.75, 3.05) is 13.7 Å². The van der Waals surface area contributed by atoms with Crippen LogP contribution in [0.4, 0.5) is 0 Å². The maximum Gasteiger partial charge on any atom is 0.255 e. The van der Waals surface area contributed by atoms with Crippen molar-refractivity contribution >= 4 is 5.91 Å². The lowest BCUT2D eigenvalue weighted by Gasteiger charge is -2.10. The minimum atomic E-state index is -0.0898. The average molecular weight is 193 g/mol. The first-order valence-electron chi connectivity index (χ1n) is 4.62. The van der Waals surface area contributed by atoms with Crippen LogP contribution in [0.1, 0.15) is 22.8 Å². The predicted octanol–water partition coefficient (Wildman–Crippen LogP) is 1.75. The highest BCUT2D eigenvalue weighted by molar-refractivity contribution is 5.97. The zero-order valence-electron chi connectivity index (χ0n) is 8.76. The summed E-state index contributed by atoms with van der Waals surface area (Å²) in [6, 6.07) is 5.53. The third-order valence-corrected chi connectivity index (χ3v) is 2.00. The minimum Gasteiger partial charge on any atom is -0.496 e. The highest BCUT2D eigenvalue weighted by atomic mass is 16.5. The summed E-state index contributed by atoms with van der Waals surface area (Å²) in [6.07, 6.45) is 0. The number of rotatable bonds is 3. The smallest absolute Gasteiger partial charge is 0.255 e. The summed E-state index contributed by atoms with van der Waals surface area (Å²) in [4.78, 5) is 11.6. The fourth-order valence-corrected chi connectivity index (χ4v) is 1.36. The fourth-order valence-electron chi connectivity index (χ4n) is 1.36. The van der Waals surface area contributed by atoms with Gasteiger partial charge in [-0.1, -0.05) is 12.1 Å². The van der Waals surface area contributed by atoms with Crippen molar-refractivity contribution in [1.29, 1.82) is 0 Å². The number of ether oxygens (including phenoxy) is 1. The number of para-hydroxylation sites is 1. The second-order valence-corrected chi connectivity index (χ2v) is 3.02. The second kappa shape index (κ2) is 4.65. The molecule has 14 heavy (non-hydrogen) atoms. The Morgan fingerprint density at radius 2 is 2.21 bits per heavy atom. The molecule has 0 spiro atoms. The maximum atomic E-state index is 11.6. The van der Waals surface area contributed by atoms with Crippen molar-refractivity contribution in [2.45, 2.75) is 13.8 Å². The summed E-state index contributed by atoms with van der Waals surface area (Å²) in [5, 5.41) is 2.74. The van der Waals surface area contributed by atoms with Gasteiger partial charge in [-0.15, -0.1) is 0 Å². The van der Waals surface area contributed by atoms with Crippen LogP contribution in [0.25, 0.3) is 0 Å². The summed E-state index contributed by atoms with van der Waals surface area (Å²) >= 11 is 0. The molecule has 0 radical (unpaired) electrons. The number of amides is 1. The Morgan fingerprint density at radius 3 is 2.79 bits per heavy atom. The van der Waals surface area contributed by atoms with E-state index in [9.17, 15) is 4.79 Å². The van der Waals surface area contributed by atoms with Crippen LogP contribution in [0.2, 0.25) is 0 Å². The van der Waals surface area contributed by atoms with Crippen LogP contribution in [-0.4, -0.2) is 19.6 Å². The van der Waals surface area contributed by atoms with Crippen molar-refractivity contribution in [3.8, 4) is 5.75 Å². The topological polar surface area (TPSA) is 38.3 Å². The van der Waals surface area contributed by atoms with E-state index in [1.165, 1.54) is 0 Å².